The zero-order valence-electron chi connectivity index (χ0n) is 14.0. The standard InChI is InChI=1S/C20H24N2O.ClH/c1-15-11-17(13-21)14-22(15)20(23)12-16-7-9-19(10-8-16)18-5-3-2-4-6-18;/h2-10,15,17H,11-14,21H2,1H3;1H. The molecule has 1 aliphatic heterocycles. The number of amides is 1. The summed E-state index contributed by atoms with van der Waals surface area (Å²) in [6.07, 6.45) is 1.49. The van der Waals surface area contributed by atoms with Crippen LogP contribution in [0.4, 0.5) is 0 Å². The van der Waals surface area contributed by atoms with Crippen molar-refractivity contribution in [2.24, 2.45) is 11.7 Å². The Labute approximate surface area is 150 Å². The third-order valence-corrected chi connectivity index (χ3v) is 4.73. The van der Waals surface area contributed by atoms with Crippen LogP contribution in [0.1, 0.15) is 18.9 Å². The fourth-order valence-corrected chi connectivity index (χ4v) is 3.38. The van der Waals surface area contributed by atoms with E-state index in [-0.39, 0.29) is 18.3 Å². The first-order chi connectivity index (χ1) is 11.2. The smallest absolute Gasteiger partial charge is 0.227 e. The van der Waals surface area contributed by atoms with Crippen molar-refractivity contribution in [1.29, 1.82) is 0 Å². The summed E-state index contributed by atoms with van der Waals surface area (Å²) in [6.45, 7) is 3.59. The maximum absolute atomic E-state index is 12.5. The molecule has 0 spiro atoms. The van der Waals surface area contributed by atoms with Gasteiger partial charge in [-0.15, -0.1) is 12.4 Å². The van der Waals surface area contributed by atoms with Crippen molar-refractivity contribution in [2.45, 2.75) is 25.8 Å². The zero-order chi connectivity index (χ0) is 16.2. The monoisotopic (exact) mass is 344 g/mol. The van der Waals surface area contributed by atoms with Crippen molar-refractivity contribution in [2.75, 3.05) is 13.1 Å². The van der Waals surface area contributed by atoms with Crippen LogP contribution in [0, 0.1) is 5.92 Å². The quantitative estimate of drug-likeness (QED) is 0.922. The number of likely N-dealkylation sites (tertiary alicyclic amines) is 1. The molecule has 1 heterocycles. The van der Waals surface area contributed by atoms with Crippen LogP contribution in [0.5, 0.6) is 0 Å². The first-order valence-corrected chi connectivity index (χ1v) is 8.31. The van der Waals surface area contributed by atoms with Crippen molar-refractivity contribution in [1.82, 2.24) is 4.90 Å². The highest BCUT2D eigenvalue weighted by molar-refractivity contribution is 5.85. The second-order valence-corrected chi connectivity index (χ2v) is 6.47. The van der Waals surface area contributed by atoms with Gasteiger partial charge in [0.05, 0.1) is 6.42 Å². The first-order valence-electron chi connectivity index (χ1n) is 8.31. The molecule has 0 saturated carbocycles. The van der Waals surface area contributed by atoms with E-state index in [0.29, 0.717) is 24.9 Å². The van der Waals surface area contributed by atoms with Gasteiger partial charge in [-0.3, -0.25) is 4.79 Å². The number of halogens is 1. The Morgan fingerprint density at radius 1 is 1.08 bits per heavy atom. The van der Waals surface area contributed by atoms with E-state index in [1.54, 1.807) is 0 Å². The molecule has 1 saturated heterocycles. The number of carbonyl (C=O) groups is 1. The molecule has 0 aliphatic carbocycles. The van der Waals surface area contributed by atoms with Crippen molar-refractivity contribution in [3.63, 3.8) is 0 Å². The Morgan fingerprint density at radius 2 is 1.71 bits per heavy atom. The molecule has 2 aromatic carbocycles. The topological polar surface area (TPSA) is 46.3 Å². The normalized spacial score (nSPS) is 19.8. The Hall–Kier alpha value is -1.84. The summed E-state index contributed by atoms with van der Waals surface area (Å²) in [6, 6.07) is 18.9. The Balaban J connectivity index is 0.00000208. The molecule has 2 aromatic rings. The molecule has 4 heteroatoms. The van der Waals surface area contributed by atoms with E-state index in [1.165, 1.54) is 11.1 Å². The summed E-state index contributed by atoms with van der Waals surface area (Å²) >= 11 is 0. The Bertz CT molecular complexity index is 657. The predicted molar refractivity (Wildman–Crippen MR) is 101 cm³/mol. The van der Waals surface area contributed by atoms with Gasteiger partial charge in [-0.05, 0) is 42.5 Å². The highest BCUT2D eigenvalue weighted by Crippen LogP contribution is 2.24. The third kappa shape index (κ3) is 4.16. The van der Waals surface area contributed by atoms with Gasteiger partial charge in [0.15, 0.2) is 0 Å². The number of carbonyl (C=O) groups excluding carboxylic acids is 1. The molecule has 1 fully saturated rings. The van der Waals surface area contributed by atoms with Gasteiger partial charge in [-0.1, -0.05) is 54.6 Å². The second kappa shape index (κ2) is 8.32. The molecule has 2 unspecified atom stereocenters. The first kappa shape index (κ1) is 18.5. The average molecular weight is 345 g/mol. The minimum Gasteiger partial charge on any atom is -0.339 e. The van der Waals surface area contributed by atoms with Crippen LogP contribution in [-0.4, -0.2) is 29.9 Å². The van der Waals surface area contributed by atoms with Gasteiger partial charge >= 0.3 is 0 Å². The molecule has 3 nitrogen and oxygen atoms in total. The third-order valence-electron chi connectivity index (χ3n) is 4.73. The molecule has 0 radical (unpaired) electrons. The van der Waals surface area contributed by atoms with Crippen LogP contribution in [0.3, 0.4) is 0 Å². The lowest BCUT2D eigenvalue weighted by Gasteiger charge is -2.21. The minimum atomic E-state index is 0. The molecular weight excluding hydrogens is 320 g/mol. The maximum Gasteiger partial charge on any atom is 0.227 e. The summed E-state index contributed by atoms with van der Waals surface area (Å²) in [7, 11) is 0. The van der Waals surface area contributed by atoms with E-state index < -0.39 is 0 Å². The van der Waals surface area contributed by atoms with Crippen molar-refractivity contribution >= 4 is 18.3 Å². The number of nitrogens with zero attached hydrogens (tertiary/aromatic N) is 1. The van der Waals surface area contributed by atoms with Crippen LogP contribution < -0.4 is 5.73 Å². The van der Waals surface area contributed by atoms with Gasteiger partial charge in [-0.25, -0.2) is 0 Å². The second-order valence-electron chi connectivity index (χ2n) is 6.47. The lowest BCUT2D eigenvalue weighted by Crippen LogP contribution is -2.35. The van der Waals surface area contributed by atoms with Crippen molar-refractivity contribution in [3.8, 4) is 11.1 Å². The van der Waals surface area contributed by atoms with Gasteiger partial charge in [0.2, 0.25) is 5.91 Å². The van der Waals surface area contributed by atoms with Crippen molar-refractivity contribution < 1.29 is 4.79 Å². The summed E-state index contributed by atoms with van der Waals surface area (Å²) in [5.41, 5.74) is 9.19. The van der Waals surface area contributed by atoms with Crippen molar-refractivity contribution in [3.05, 3.63) is 60.2 Å². The van der Waals surface area contributed by atoms with E-state index in [2.05, 4.69) is 43.3 Å². The van der Waals surface area contributed by atoms with E-state index in [4.69, 9.17) is 5.73 Å². The molecule has 128 valence electrons. The summed E-state index contributed by atoms with van der Waals surface area (Å²) in [5, 5.41) is 0. The lowest BCUT2D eigenvalue weighted by molar-refractivity contribution is -0.131. The summed E-state index contributed by atoms with van der Waals surface area (Å²) < 4.78 is 0. The van der Waals surface area contributed by atoms with Crippen LogP contribution in [0.15, 0.2) is 54.6 Å². The predicted octanol–water partition coefficient (Wildman–Crippen LogP) is 3.51. The number of rotatable bonds is 4. The molecule has 0 aromatic heterocycles. The van der Waals surface area contributed by atoms with Gasteiger partial charge in [0, 0.05) is 12.6 Å². The maximum atomic E-state index is 12.5. The molecule has 0 bridgehead atoms. The number of hydrogen-bond donors (Lipinski definition) is 1. The molecule has 3 rings (SSSR count). The zero-order valence-corrected chi connectivity index (χ0v) is 14.8. The minimum absolute atomic E-state index is 0. The SMILES string of the molecule is CC1CC(CN)CN1C(=O)Cc1ccc(-c2ccccc2)cc1.Cl. The van der Waals surface area contributed by atoms with E-state index in [9.17, 15) is 4.79 Å². The Kier molecular flexibility index (Phi) is 6.41. The van der Waals surface area contributed by atoms with Gasteiger partial charge < -0.3 is 10.6 Å². The largest absolute Gasteiger partial charge is 0.339 e. The molecule has 1 aliphatic rings. The van der Waals surface area contributed by atoms with E-state index in [1.807, 2.05) is 23.1 Å². The molecular formula is C20H25ClN2O. The molecule has 24 heavy (non-hydrogen) atoms. The number of benzene rings is 2. The van der Waals surface area contributed by atoms with Gasteiger partial charge in [0.1, 0.15) is 0 Å². The fourth-order valence-electron chi connectivity index (χ4n) is 3.38. The van der Waals surface area contributed by atoms with Gasteiger partial charge in [0.25, 0.3) is 0 Å². The van der Waals surface area contributed by atoms with Crippen LogP contribution in [0.25, 0.3) is 11.1 Å². The lowest BCUT2D eigenvalue weighted by atomic mass is 10.0. The van der Waals surface area contributed by atoms with Crippen LogP contribution in [-0.2, 0) is 11.2 Å². The molecule has 2 atom stereocenters. The highest BCUT2D eigenvalue weighted by atomic mass is 35.5. The summed E-state index contributed by atoms with van der Waals surface area (Å²) in [5.74, 6) is 0.662. The van der Waals surface area contributed by atoms with E-state index >= 15 is 0 Å². The highest BCUT2D eigenvalue weighted by Gasteiger charge is 2.31. The molecule has 1 amide bonds. The number of hydrogen-bond acceptors (Lipinski definition) is 2. The van der Waals surface area contributed by atoms with Gasteiger partial charge in [-0.2, -0.15) is 0 Å². The summed E-state index contributed by atoms with van der Waals surface area (Å²) in [4.78, 5) is 14.5. The molecule has 2 N–H and O–H groups in total. The fraction of sp³-hybridized carbons (Fsp3) is 0.350. The van der Waals surface area contributed by atoms with Crippen LogP contribution in [0.2, 0.25) is 0 Å². The average Bonchev–Trinajstić information content (AvgIpc) is 2.97. The van der Waals surface area contributed by atoms with Crippen LogP contribution >= 0.6 is 12.4 Å². The number of nitrogens with two attached hydrogens (primary N) is 1. The van der Waals surface area contributed by atoms with E-state index in [0.717, 1.165) is 18.5 Å². The Morgan fingerprint density at radius 3 is 2.29 bits per heavy atom.